The number of rotatable bonds is 5. The molecule has 0 bridgehead atoms. The minimum Gasteiger partial charge on any atom is -0.475 e. The molecular formula is C14H16O3. The van der Waals surface area contributed by atoms with Crippen LogP contribution in [0.25, 0.3) is 5.76 Å². The molecule has 1 aromatic carbocycles. The molecule has 0 aliphatic carbocycles. The molecule has 3 nitrogen and oxygen atoms in total. The largest absolute Gasteiger partial charge is 0.475 e. The third-order valence-electron chi connectivity index (χ3n) is 2.35. The first kappa shape index (κ1) is 13.0. The van der Waals surface area contributed by atoms with Crippen molar-refractivity contribution in [1.29, 1.82) is 0 Å². The van der Waals surface area contributed by atoms with E-state index in [9.17, 15) is 4.79 Å². The summed E-state index contributed by atoms with van der Waals surface area (Å²) in [4.78, 5) is 10.7. The molecule has 3 heteroatoms. The number of carbonyl (C=O) groups is 1. The number of aryl methyl sites for hydroxylation is 1. The van der Waals surface area contributed by atoms with Crippen LogP contribution in [0.5, 0.6) is 0 Å². The standard InChI is InChI=1S/C14H16O3/c1-4-11-7-6-8-12(9-11)13(5-2)17-10(3)14(15)16/h5-9H,3-4H2,1-2H3,(H,15,16)/b13-5-. The minimum absolute atomic E-state index is 0.278. The van der Waals surface area contributed by atoms with E-state index in [0.717, 1.165) is 12.0 Å². The quantitative estimate of drug-likeness (QED) is 0.626. The number of carboxylic acids is 1. The van der Waals surface area contributed by atoms with Crippen LogP contribution in [0.3, 0.4) is 0 Å². The first-order chi connectivity index (χ1) is 8.08. The average Bonchev–Trinajstić information content (AvgIpc) is 2.35. The Labute approximate surface area is 101 Å². The summed E-state index contributed by atoms with van der Waals surface area (Å²) < 4.78 is 5.21. The Morgan fingerprint density at radius 2 is 2.24 bits per heavy atom. The number of carboxylic acid groups (broad SMARTS) is 1. The summed E-state index contributed by atoms with van der Waals surface area (Å²) in [7, 11) is 0. The van der Waals surface area contributed by atoms with Gasteiger partial charge in [-0.2, -0.15) is 0 Å². The fourth-order valence-electron chi connectivity index (χ4n) is 1.41. The molecule has 0 amide bonds. The van der Waals surface area contributed by atoms with Crippen molar-refractivity contribution in [2.45, 2.75) is 20.3 Å². The molecule has 1 aromatic rings. The predicted molar refractivity (Wildman–Crippen MR) is 67.3 cm³/mol. The zero-order valence-corrected chi connectivity index (χ0v) is 10.1. The molecule has 0 unspecified atom stereocenters. The first-order valence-electron chi connectivity index (χ1n) is 5.44. The molecule has 1 N–H and O–H groups in total. The molecular weight excluding hydrogens is 216 g/mol. The van der Waals surface area contributed by atoms with Gasteiger partial charge in [-0.3, -0.25) is 0 Å². The molecule has 17 heavy (non-hydrogen) atoms. The van der Waals surface area contributed by atoms with Gasteiger partial charge < -0.3 is 9.84 Å². The summed E-state index contributed by atoms with van der Waals surface area (Å²) in [5.41, 5.74) is 2.03. The van der Waals surface area contributed by atoms with Crippen LogP contribution in [-0.2, 0) is 16.0 Å². The van der Waals surface area contributed by atoms with Crippen molar-refractivity contribution in [3.8, 4) is 0 Å². The van der Waals surface area contributed by atoms with Crippen LogP contribution in [0, 0.1) is 0 Å². The summed E-state index contributed by atoms with van der Waals surface area (Å²) in [6.07, 6.45) is 2.65. The zero-order valence-electron chi connectivity index (χ0n) is 10.1. The van der Waals surface area contributed by atoms with E-state index in [1.807, 2.05) is 24.3 Å². The lowest BCUT2D eigenvalue weighted by molar-refractivity contribution is -0.135. The topological polar surface area (TPSA) is 46.5 Å². The van der Waals surface area contributed by atoms with Gasteiger partial charge in [-0.1, -0.05) is 25.1 Å². The van der Waals surface area contributed by atoms with E-state index in [0.29, 0.717) is 5.76 Å². The van der Waals surface area contributed by atoms with Crippen molar-refractivity contribution in [3.63, 3.8) is 0 Å². The summed E-state index contributed by atoms with van der Waals surface area (Å²) in [6, 6.07) is 7.79. The van der Waals surface area contributed by atoms with Crippen molar-refractivity contribution in [1.82, 2.24) is 0 Å². The van der Waals surface area contributed by atoms with Crippen LogP contribution in [0.4, 0.5) is 0 Å². The van der Waals surface area contributed by atoms with Gasteiger partial charge in [0, 0.05) is 5.56 Å². The zero-order chi connectivity index (χ0) is 12.8. The van der Waals surface area contributed by atoms with Crippen molar-refractivity contribution in [2.24, 2.45) is 0 Å². The van der Waals surface area contributed by atoms with E-state index in [2.05, 4.69) is 13.5 Å². The number of benzene rings is 1. The van der Waals surface area contributed by atoms with Gasteiger partial charge in [-0.25, -0.2) is 4.79 Å². The Kier molecular flexibility index (Phi) is 4.52. The van der Waals surface area contributed by atoms with E-state index < -0.39 is 5.97 Å². The number of allylic oxidation sites excluding steroid dienone is 1. The van der Waals surface area contributed by atoms with E-state index in [4.69, 9.17) is 9.84 Å². The molecule has 0 atom stereocenters. The highest BCUT2D eigenvalue weighted by atomic mass is 16.5. The highest BCUT2D eigenvalue weighted by Gasteiger charge is 2.10. The average molecular weight is 232 g/mol. The lowest BCUT2D eigenvalue weighted by Gasteiger charge is -2.10. The molecule has 0 saturated heterocycles. The van der Waals surface area contributed by atoms with Gasteiger partial charge in [0.25, 0.3) is 0 Å². The van der Waals surface area contributed by atoms with Gasteiger partial charge >= 0.3 is 5.97 Å². The van der Waals surface area contributed by atoms with E-state index in [-0.39, 0.29) is 5.76 Å². The lowest BCUT2D eigenvalue weighted by Crippen LogP contribution is -2.03. The van der Waals surface area contributed by atoms with Gasteiger partial charge in [0.05, 0.1) is 0 Å². The van der Waals surface area contributed by atoms with E-state index >= 15 is 0 Å². The minimum atomic E-state index is -1.16. The van der Waals surface area contributed by atoms with E-state index in [1.165, 1.54) is 5.56 Å². The summed E-state index contributed by atoms with van der Waals surface area (Å²) >= 11 is 0. The molecule has 0 heterocycles. The molecule has 0 aliphatic rings. The third-order valence-corrected chi connectivity index (χ3v) is 2.35. The Bertz CT molecular complexity index is 458. The van der Waals surface area contributed by atoms with Gasteiger partial charge in [0.2, 0.25) is 5.76 Å². The molecule has 0 spiro atoms. The SMILES string of the molecule is C=C(O/C(=C\C)c1cccc(CC)c1)C(=O)O. The highest BCUT2D eigenvalue weighted by molar-refractivity contribution is 5.85. The Morgan fingerprint density at radius 1 is 1.53 bits per heavy atom. The molecule has 90 valence electrons. The molecule has 0 aromatic heterocycles. The van der Waals surface area contributed by atoms with Gasteiger partial charge in [0.15, 0.2) is 0 Å². The maximum atomic E-state index is 10.7. The third kappa shape index (κ3) is 3.48. The van der Waals surface area contributed by atoms with Crippen LogP contribution in [0.1, 0.15) is 25.0 Å². The predicted octanol–water partition coefficient (Wildman–Crippen LogP) is 3.22. The second-order valence-corrected chi connectivity index (χ2v) is 3.54. The number of aliphatic carboxylic acids is 1. The van der Waals surface area contributed by atoms with Crippen LogP contribution >= 0.6 is 0 Å². The molecule has 0 saturated carbocycles. The van der Waals surface area contributed by atoms with Crippen molar-refractivity contribution in [3.05, 3.63) is 53.8 Å². The van der Waals surface area contributed by atoms with Crippen LogP contribution in [-0.4, -0.2) is 11.1 Å². The number of hydrogen-bond acceptors (Lipinski definition) is 2. The molecule has 1 rings (SSSR count). The number of ether oxygens (including phenoxy) is 1. The summed E-state index contributed by atoms with van der Waals surface area (Å²) in [6.45, 7) is 7.20. The molecule has 0 aliphatic heterocycles. The lowest BCUT2D eigenvalue weighted by atomic mass is 10.1. The van der Waals surface area contributed by atoms with Crippen LogP contribution in [0.2, 0.25) is 0 Å². The van der Waals surface area contributed by atoms with Crippen molar-refractivity contribution in [2.75, 3.05) is 0 Å². The Hall–Kier alpha value is -2.03. The number of hydrogen-bond donors (Lipinski definition) is 1. The maximum absolute atomic E-state index is 10.7. The van der Waals surface area contributed by atoms with E-state index in [1.54, 1.807) is 13.0 Å². The van der Waals surface area contributed by atoms with Gasteiger partial charge in [0.1, 0.15) is 5.76 Å². The monoisotopic (exact) mass is 232 g/mol. The van der Waals surface area contributed by atoms with Crippen LogP contribution in [0.15, 0.2) is 42.7 Å². The molecule has 0 fully saturated rings. The van der Waals surface area contributed by atoms with Gasteiger partial charge in [-0.05, 0) is 37.6 Å². The maximum Gasteiger partial charge on any atom is 0.371 e. The van der Waals surface area contributed by atoms with Crippen molar-refractivity contribution < 1.29 is 14.6 Å². The van der Waals surface area contributed by atoms with Crippen molar-refractivity contribution >= 4 is 11.7 Å². The Morgan fingerprint density at radius 3 is 2.76 bits per heavy atom. The second-order valence-electron chi connectivity index (χ2n) is 3.54. The first-order valence-corrected chi connectivity index (χ1v) is 5.44. The smallest absolute Gasteiger partial charge is 0.371 e. The normalized spacial score (nSPS) is 11.1. The molecule has 0 radical (unpaired) electrons. The van der Waals surface area contributed by atoms with Crippen LogP contribution < -0.4 is 0 Å². The highest BCUT2D eigenvalue weighted by Crippen LogP contribution is 2.20. The summed E-state index contributed by atoms with van der Waals surface area (Å²) in [5.74, 6) is -0.927. The Balaban J connectivity index is 2.95. The second kappa shape index (κ2) is 5.89. The fraction of sp³-hybridized carbons (Fsp3) is 0.214. The summed E-state index contributed by atoms with van der Waals surface area (Å²) in [5, 5.41) is 8.72. The fourth-order valence-corrected chi connectivity index (χ4v) is 1.41. The van der Waals surface area contributed by atoms with Gasteiger partial charge in [-0.15, -0.1) is 0 Å².